The molecule has 4 aliphatic rings. The van der Waals surface area contributed by atoms with Gasteiger partial charge in [0, 0.05) is 32.6 Å². The van der Waals surface area contributed by atoms with E-state index in [-0.39, 0.29) is 12.5 Å². The maximum atomic E-state index is 12.8. The summed E-state index contributed by atoms with van der Waals surface area (Å²) in [5.41, 5.74) is -3.70. The highest BCUT2D eigenvalue weighted by Crippen LogP contribution is 2.62. The van der Waals surface area contributed by atoms with Gasteiger partial charge in [0.25, 0.3) is 0 Å². The highest BCUT2D eigenvalue weighted by atomic mass is 35.5. The van der Waals surface area contributed by atoms with E-state index in [9.17, 15) is 24.3 Å². The summed E-state index contributed by atoms with van der Waals surface area (Å²) >= 11 is 6.18. The highest BCUT2D eigenvalue weighted by molar-refractivity contribution is 6.19. The highest BCUT2D eigenvalue weighted by Gasteiger charge is 2.74. The van der Waals surface area contributed by atoms with Crippen molar-refractivity contribution in [3.8, 4) is 0 Å². The lowest BCUT2D eigenvalue weighted by Crippen LogP contribution is -2.69. The van der Waals surface area contributed by atoms with E-state index in [0.717, 1.165) is 0 Å². The predicted molar refractivity (Wildman–Crippen MR) is 128 cm³/mol. The second-order valence-corrected chi connectivity index (χ2v) is 10.9. The zero-order valence-electron chi connectivity index (χ0n) is 21.5. The third kappa shape index (κ3) is 4.57. The first-order valence-electron chi connectivity index (χ1n) is 12.3. The summed E-state index contributed by atoms with van der Waals surface area (Å²) in [6.45, 7) is 7.28. The Labute approximate surface area is 220 Å². The van der Waals surface area contributed by atoms with Gasteiger partial charge in [0.05, 0.1) is 23.5 Å². The van der Waals surface area contributed by atoms with Crippen molar-refractivity contribution in [3.05, 3.63) is 23.8 Å². The Morgan fingerprint density at radius 1 is 1.14 bits per heavy atom. The average molecular weight is 541 g/mol. The molecule has 3 fully saturated rings. The Balaban J connectivity index is 2.04. The molecule has 204 valence electrons. The Morgan fingerprint density at radius 2 is 1.76 bits per heavy atom. The number of carbonyl (C=O) groups excluding carboxylic acids is 4. The quantitative estimate of drug-likeness (QED) is 0.244. The van der Waals surface area contributed by atoms with Gasteiger partial charge in [-0.2, -0.15) is 0 Å². The zero-order chi connectivity index (χ0) is 27.3. The molecule has 0 radical (unpaired) electrons. The van der Waals surface area contributed by atoms with Crippen LogP contribution >= 0.6 is 11.6 Å². The van der Waals surface area contributed by atoms with E-state index >= 15 is 0 Å². The lowest BCUT2D eigenvalue weighted by molar-refractivity contribution is -0.236. The van der Waals surface area contributed by atoms with E-state index in [2.05, 4.69) is 0 Å². The summed E-state index contributed by atoms with van der Waals surface area (Å²) < 4.78 is 29.0. The van der Waals surface area contributed by atoms with Gasteiger partial charge in [-0.1, -0.05) is 13.0 Å². The van der Waals surface area contributed by atoms with Gasteiger partial charge in [-0.15, -0.1) is 11.6 Å². The molecule has 10 nitrogen and oxygen atoms in total. The number of aliphatic hydroxyl groups is 1. The minimum Gasteiger partial charge on any atom is -0.462 e. The van der Waals surface area contributed by atoms with Crippen LogP contribution in [0.3, 0.4) is 0 Å². The van der Waals surface area contributed by atoms with Crippen molar-refractivity contribution in [1.82, 2.24) is 0 Å². The monoisotopic (exact) mass is 540 g/mol. The third-order valence-electron chi connectivity index (χ3n) is 8.29. The fourth-order valence-corrected chi connectivity index (χ4v) is 6.60. The number of hydrogen-bond donors (Lipinski definition) is 1. The maximum Gasteiger partial charge on any atom is 0.312 e. The van der Waals surface area contributed by atoms with E-state index in [4.69, 9.17) is 35.3 Å². The Kier molecular flexibility index (Phi) is 7.24. The van der Waals surface area contributed by atoms with Gasteiger partial charge < -0.3 is 28.8 Å². The van der Waals surface area contributed by atoms with Gasteiger partial charge in [0.2, 0.25) is 0 Å². The van der Waals surface area contributed by atoms with E-state index in [1.54, 1.807) is 19.1 Å². The fourth-order valence-electron chi connectivity index (χ4n) is 6.42. The zero-order valence-corrected chi connectivity index (χ0v) is 22.3. The minimum absolute atomic E-state index is 0.0133. The van der Waals surface area contributed by atoms with Crippen molar-refractivity contribution in [3.63, 3.8) is 0 Å². The SMILES string of the molecule is CC(=O)O[C@H]1C=CC(CCl)=C[C@@H]2OC(=O)[C@H](C)[C@@]2(O)[C@@H](OC(C)=O)[C@H]2[C@]3(CC[C@H](OC(C)=O)[C@]12C)CO3. The lowest BCUT2D eigenvalue weighted by Gasteiger charge is -2.56. The molecule has 11 heteroatoms. The van der Waals surface area contributed by atoms with Crippen LogP contribution in [-0.2, 0) is 42.9 Å². The first kappa shape index (κ1) is 27.6. The molecule has 2 aliphatic heterocycles. The number of ether oxygens (including phenoxy) is 5. The molecule has 4 rings (SSSR count). The topological polar surface area (TPSA) is 138 Å². The van der Waals surface area contributed by atoms with Crippen LogP contribution in [0.4, 0.5) is 0 Å². The molecule has 2 aliphatic carbocycles. The molecule has 1 spiro atoms. The molecule has 1 saturated carbocycles. The molecule has 9 atom stereocenters. The number of epoxide rings is 1. The molecule has 1 N–H and O–H groups in total. The van der Waals surface area contributed by atoms with Crippen LogP contribution < -0.4 is 0 Å². The van der Waals surface area contributed by atoms with Crippen LogP contribution in [0.5, 0.6) is 0 Å². The second kappa shape index (κ2) is 9.71. The second-order valence-electron chi connectivity index (χ2n) is 10.6. The number of carbonyl (C=O) groups is 4. The molecular formula is C26H33ClO10. The van der Waals surface area contributed by atoms with Crippen molar-refractivity contribution >= 4 is 35.5 Å². The number of esters is 4. The Morgan fingerprint density at radius 3 is 2.30 bits per heavy atom. The first-order valence-corrected chi connectivity index (χ1v) is 12.9. The van der Waals surface area contributed by atoms with Crippen molar-refractivity contribution in [1.29, 1.82) is 0 Å². The summed E-state index contributed by atoms with van der Waals surface area (Å²) in [7, 11) is 0. The number of hydrogen-bond acceptors (Lipinski definition) is 10. The van der Waals surface area contributed by atoms with E-state index in [1.165, 1.54) is 33.8 Å². The van der Waals surface area contributed by atoms with Crippen molar-refractivity contribution < 1.29 is 48.0 Å². The van der Waals surface area contributed by atoms with Crippen LogP contribution in [-0.4, -0.2) is 77.1 Å². The largest absolute Gasteiger partial charge is 0.462 e. The van der Waals surface area contributed by atoms with E-state index in [0.29, 0.717) is 18.4 Å². The van der Waals surface area contributed by atoms with Gasteiger partial charge in [0.15, 0.2) is 11.7 Å². The molecular weight excluding hydrogens is 508 g/mol. The standard InChI is InChI=1S/C26H33ClO10/c1-13-23(31)37-20-10-17(11-27)6-7-18(34-14(2)28)24(5)19(35-15(3)29)8-9-25(12-33-25)21(24)22(26(13,20)32)36-16(4)30/h6-7,10,13,18-22,32H,8-9,11-12H2,1-5H3/t13-,18-,19-,20-,21+,22-,24-,25-,26-/m0/s1. The predicted octanol–water partition coefficient (Wildman–Crippen LogP) is 1.99. The molecule has 2 heterocycles. The summed E-state index contributed by atoms with van der Waals surface area (Å²) in [6, 6.07) is 0. The first-order chi connectivity index (χ1) is 17.3. The molecule has 37 heavy (non-hydrogen) atoms. The fraction of sp³-hybridized carbons (Fsp3) is 0.692. The van der Waals surface area contributed by atoms with E-state index < -0.39 is 76.7 Å². The molecule has 0 aromatic carbocycles. The van der Waals surface area contributed by atoms with Crippen molar-refractivity contribution in [2.45, 2.75) is 83.1 Å². The lowest BCUT2D eigenvalue weighted by atomic mass is 9.53. The van der Waals surface area contributed by atoms with Crippen LogP contribution in [0.2, 0.25) is 0 Å². The summed E-state index contributed by atoms with van der Waals surface area (Å²) in [5.74, 6) is -4.49. The normalized spacial score (nSPS) is 42.6. The van der Waals surface area contributed by atoms with Crippen LogP contribution in [0.1, 0.15) is 47.5 Å². The third-order valence-corrected chi connectivity index (χ3v) is 8.60. The molecule has 2 saturated heterocycles. The van der Waals surface area contributed by atoms with Crippen molar-refractivity contribution in [2.75, 3.05) is 12.5 Å². The van der Waals surface area contributed by atoms with Crippen LogP contribution in [0.25, 0.3) is 0 Å². The summed E-state index contributed by atoms with van der Waals surface area (Å²) in [5, 5.41) is 12.3. The van der Waals surface area contributed by atoms with E-state index in [1.807, 2.05) is 0 Å². The van der Waals surface area contributed by atoms with Crippen molar-refractivity contribution in [2.24, 2.45) is 17.3 Å². The molecule has 0 unspecified atom stereocenters. The van der Waals surface area contributed by atoms with Crippen LogP contribution in [0.15, 0.2) is 23.8 Å². The molecule has 0 aromatic rings. The number of fused-ring (bicyclic) bond motifs is 3. The van der Waals surface area contributed by atoms with Gasteiger partial charge in [-0.25, -0.2) is 0 Å². The molecule has 0 amide bonds. The number of allylic oxidation sites excluding steroid dienone is 2. The van der Waals surface area contributed by atoms with Gasteiger partial charge in [-0.3, -0.25) is 19.2 Å². The summed E-state index contributed by atoms with van der Waals surface area (Å²) in [4.78, 5) is 49.8. The smallest absolute Gasteiger partial charge is 0.312 e. The van der Waals surface area contributed by atoms with Gasteiger partial charge in [-0.05, 0) is 37.5 Å². The average Bonchev–Trinajstić information content (AvgIpc) is 3.54. The molecule has 0 aromatic heterocycles. The van der Waals surface area contributed by atoms with Crippen LogP contribution in [0, 0.1) is 17.3 Å². The number of rotatable bonds is 4. The van der Waals surface area contributed by atoms with Gasteiger partial charge >= 0.3 is 23.9 Å². The minimum atomic E-state index is -2.03. The number of alkyl halides is 1. The molecule has 0 bridgehead atoms. The number of halogens is 1. The maximum absolute atomic E-state index is 12.8. The Hall–Kier alpha value is -2.43. The Bertz CT molecular complexity index is 1050. The summed E-state index contributed by atoms with van der Waals surface area (Å²) in [6.07, 6.45) is 1.21. The van der Waals surface area contributed by atoms with Gasteiger partial charge in [0.1, 0.15) is 18.3 Å².